The molecule has 5 fully saturated rings. The topological polar surface area (TPSA) is 53.8 Å². The first-order chi connectivity index (χ1) is 13.0. The van der Waals surface area contributed by atoms with E-state index in [0.717, 1.165) is 45.4 Å². The summed E-state index contributed by atoms with van der Waals surface area (Å²) in [6.45, 7) is 2.12. The molecule has 5 aliphatic rings. The fourth-order valence-electron chi connectivity index (χ4n) is 6.93. The molecular formula is C21H21ClN3OS+. The second-order valence-electron chi connectivity index (χ2n) is 9.21. The Balaban J connectivity index is 1.26. The Morgan fingerprint density at radius 1 is 1.48 bits per heavy atom. The minimum Gasteiger partial charge on any atom is -0.243 e. The standard InChI is InChI=1S/C21H21ClN3OS/c1-11(20-24-15-6-13(22)2-3-17(15)27-20)4-18(26)25-14-5-12-7-21(8-14,10-23)9-16(25)19(12)25/h2-3,6,11-12,14,16,19H,4-5,7-9H2,1H3/q+1. The molecule has 3 saturated heterocycles. The highest BCUT2D eigenvalue weighted by Crippen LogP contribution is 2.71. The predicted molar refractivity (Wildman–Crippen MR) is 104 cm³/mol. The van der Waals surface area contributed by atoms with Crippen molar-refractivity contribution >= 4 is 39.1 Å². The Labute approximate surface area is 167 Å². The molecule has 6 heteroatoms. The molecule has 7 unspecified atom stereocenters. The van der Waals surface area contributed by atoms with Crippen molar-refractivity contribution in [2.45, 2.75) is 63.1 Å². The van der Waals surface area contributed by atoms with Crippen LogP contribution in [0.1, 0.15) is 50.0 Å². The molecule has 1 amide bonds. The van der Waals surface area contributed by atoms with Gasteiger partial charge in [-0.05, 0) is 24.6 Å². The molecule has 1 aromatic carbocycles. The lowest BCUT2D eigenvalue weighted by Gasteiger charge is -2.42. The number of fused-ring (bicyclic) bond motifs is 1. The normalized spacial score (nSPS) is 41.5. The molecule has 4 heterocycles. The quantitative estimate of drug-likeness (QED) is 0.559. The van der Waals surface area contributed by atoms with E-state index in [0.29, 0.717) is 41.4 Å². The summed E-state index contributed by atoms with van der Waals surface area (Å²) >= 11 is 7.75. The zero-order valence-corrected chi connectivity index (χ0v) is 16.8. The Morgan fingerprint density at radius 2 is 2.33 bits per heavy atom. The van der Waals surface area contributed by atoms with Gasteiger partial charge in [-0.25, -0.2) is 14.3 Å². The van der Waals surface area contributed by atoms with E-state index in [1.165, 1.54) is 0 Å². The highest BCUT2D eigenvalue weighted by atomic mass is 35.5. The van der Waals surface area contributed by atoms with Crippen LogP contribution in [0, 0.1) is 22.7 Å². The number of carbonyl (C=O) groups excluding carboxylic acids is 1. The highest BCUT2D eigenvalue weighted by molar-refractivity contribution is 7.18. The number of nitriles is 1. The zero-order valence-electron chi connectivity index (χ0n) is 15.2. The molecule has 4 nitrogen and oxygen atoms in total. The molecule has 7 rings (SSSR count). The molecule has 138 valence electrons. The summed E-state index contributed by atoms with van der Waals surface area (Å²) in [4.78, 5) is 18.2. The summed E-state index contributed by atoms with van der Waals surface area (Å²) in [6, 6.07) is 9.78. The van der Waals surface area contributed by atoms with E-state index in [9.17, 15) is 10.1 Å². The average molecular weight is 399 g/mol. The first kappa shape index (κ1) is 16.5. The minimum atomic E-state index is -0.120. The Morgan fingerprint density at radius 3 is 3.11 bits per heavy atom. The van der Waals surface area contributed by atoms with Crippen molar-refractivity contribution < 1.29 is 9.28 Å². The molecular weight excluding hydrogens is 378 g/mol. The second-order valence-corrected chi connectivity index (χ2v) is 10.7. The van der Waals surface area contributed by atoms with Crippen LogP contribution < -0.4 is 0 Å². The summed E-state index contributed by atoms with van der Waals surface area (Å²) in [7, 11) is 0. The number of aromatic nitrogens is 1. The number of quaternary nitrogens is 1. The number of hydrogen-bond acceptors (Lipinski definition) is 4. The maximum atomic E-state index is 13.5. The van der Waals surface area contributed by atoms with Crippen molar-refractivity contribution in [3.63, 3.8) is 0 Å². The first-order valence-electron chi connectivity index (χ1n) is 9.85. The van der Waals surface area contributed by atoms with Crippen molar-refractivity contribution in [3.8, 4) is 6.07 Å². The van der Waals surface area contributed by atoms with Gasteiger partial charge >= 0.3 is 5.91 Å². The van der Waals surface area contributed by atoms with Gasteiger partial charge in [-0.15, -0.1) is 11.3 Å². The van der Waals surface area contributed by atoms with Gasteiger partial charge in [-0.3, -0.25) is 0 Å². The second kappa shape index (κ2) is 5.11. The van der Waals surface area contributed by atoms with Gasteiger partial charge in [0.25, 0.3) is 0 Å². The number of piperidine rings is 2. The number of nitrogens with zero attached hydrogens (tertiary/aromatic N) is 3. The van der Waals surface area contributed by atoms with Gasteiger partial charge in [0.05, 0.1) is 39.2 Å². The lowest BCUT2D eigenvalue weighted by Crippen LogP contribution is -2.52. The van der Waals surface area contributed by atoms with Gasteiger partial charge < -0.3 is 0 Å². The maximum absolute atomic E-state index is 13.5. The first-order valence-corrected chi connectivity index (χ1v) is 11.0. The van der Waals surface area contributed by atoms with E-state index in [4.69, 9.17) is 16.6 Å². The molecule has 4 bridgehead atoms. The minimum absolute atomic E-state index is 0.120. The molecule has 0 N–H and O–H groups in total. The predicted octanol–water partition coefficient (Wildman–Crippen LogP) is 4.63. The van der Waals surface area contributed by atoms with Gasteiger partial charge in [0, 0.05) is 36.1 Å². The summed E-state index contributed by atoms with van der Waals surface area (Å²) in [5, 5.41) is 11.4. The Hall–Kier alpha value is -1.48. The summed E-state index contributed by atoms with van der Waals surface area (Å²) in [6.07, 6.45) is 4.63. The lowest BCUT2D eigenvalue weighted by molar-refractivity contribution is -0.772. The number of carbonyl (C=O) groups is 1. The van der Waals surface area contributed by atoms with Crippen LogP contribution in [0.25, 0.3) is 10.2 Å². The van der Waals surface area contributed by atoms with Crippen LogP contribution in [0.3, 0.4) is 0 Å². The molecule has 2 aliphatic carbocycles. The molecule has 2 saturated carbocycles. The summed E-state index contributed by atoms with van der Waals surface area (Å²) in [5.41, 5.74) is 0.804. The van der Waals surface area contributed by atoms with Crippen molar-refractivity contribution in [1.82, 2.24) is 4.98 Å². The number of hydrogen-bond donors (Lipinski definition) is 0. The largest absolute Gasteiger partial charge is 0.315 e. The Kier molecular flexibility index (Phi) is 3.12. The zero-order chi connectivity index (χ0) is 18.6. The van der Waals surface area contributed by atoms with E-state index in [1.54, 1.807) is 11.3 Å². The van der Waals surface area contributed by atoms with Crippen LogP contribution in [-0.4, -0.2) is 33.5 Å². The average Bonchev–Trinajstić information content (AvgIpc) is 3.03. The van der Waals surface area contributed by atoms with Gasteiger partial charge in [-0.2, -0.15) is 5.26 Å². The van der Waals surface area contributed by atoms with Gasteiger partial charge in [0.1, 0.15) is 0 Å². The van der Waals surface area contributed by atoms with Gasteiger partial charge in [-0.1, -0.05) is 18.5 Å². The molecule has 0 radical (unpaired) electrons. The fraction of sp³-hybridized carbons (Fsp3) is 0.571. The Bertz CT molecular complexity index is 1040. The third kappa shape index (κ3) is 1.97. The fourth-order valence-corrected chi connectivity index (χ4v) is 8.10. The molecule has 1 aromatic heterocycles. The monoisotopic (exact) mass is 398 g/mol. The smallest absolute Gasteiger partial charge is 0.243 e. The number of benzene rings is 1. The van der Waals surface area contributed by atoms with Crippen molar-refractivity contribution in [2.75, 3.05) is 0 Å². The number of amides is 1. The van der Waals surface area contributed by atoms with Gasteiger partial charge in [0.2, 0.25) is 0 Å². The molecule has 7 atom stereocenters. The van der Waals surface area contributed by atoms with E-state index in [1.807, 2.05) is 18.2 Å². The van der Waals surface area contributed by atoms with Crippen LogP contribution in [0.15, 0.2) is 18.2 Å². The number of rotatable bonds is 3. The van der Waals surface area contributed by atoms with Crippen LogP contribution in [0.5, 0.6) is 0 Å². The molecule has 3 aliphatic heterocycles. The lowest BCUT2D eigenvalue weighted by atomic mass is 9.61. The molecule has 0 spiro atoms. The van der Waals surface area contributed by atoms with E-state index in [2.05, 4.69) is 13.0 Å². The van der Waals surface area contributed by atoms with Crippen LogP contribution in [0.2, 0.25) is 5.02 Å². The van der Waals surface area contributed by atoms with Crippen molar-refractivity contribution in [2.24, 2.45) is 11.3 Å². The van der Waals surface area contributed by atoms with E-state index in [-0.39, 0.29) is 11.3 Å². The van der Waals surface area contributed by atoms with Crippen molar-refractivity contribution in [1.29, 1.82) is 5.26 Å². The highest BCUT2D eigenvalue weighted by Gasteiger charge is 2.86. The van der Waals surface area contributed by atoms with Crippen molar-refractivity contribution in [3.05, 3.63) is 28.2 Å². The summed E-state index contributed by atoms with van der Waals surface area (Å²) < 4.78 is 1.84. The van der Waals surface area contributed by atoms with E-state index >= 15 is 0 Å². The third-order valence-corrected chi connectivity index (χ3v) is 9.33. The van der Waals surface area contributed by atoms with Crippen LogP contribution in [-0.2, 0) is 4.79 Å². The molecule has 27 heavy (non-hydrogen) atoms. The SMILES string of the molecule is CC(CC(=O)[N+]12C3CC4CC(C#N)(C3)CC1C42)c1nc2cc(Cl)ccc2s1. The maximum Gasteiger partial charge on any atom is 0.315 e. The number of halogens is 1. The molecule has 2 aromatic rings. The van der Waals surface area contributed by atoms with E-state index < -0.39 is 0 Å². The number of thiazole rings is 1. The van der Waals surface area contributed by atoms with Crippen LogP contribution >= 0.6 is 22.9 Å². The third-order valence-electron chi connectivity index (χ3n) is 7.83. The van der Waals surface area contributed by atoms with Crippen LogP contribution in [0.4, 0.5) is 0 Å². The summed E-state index contributed by atoms with van der Waals surface area (Å²) in [5.74, 6) is 1.13. The van der Waals surface area contributed by atoms with Gasteiger partial charge in [0.15, 0.2) is 12.1 Å².